The van der Waals surface area contributed by atoms with E-state index in [1.165, 1.54) is 19.3 Å². The molecule has 2 N–H and O–H groups in total. The zero-order chi connectivity index (χ0) is 14.3. The maximum absolute atomic E-state index is 12.4. The largest absolute Gasteiger partial charge is 0.478 e. The molecule has 2 bridgehead atoms. The Morgan fingerprint density at radius 3 is 2.62 bits per heavy atom. The highest BCUT2D eigenvalue weighted by molar-refractivity contribution is 6.00. The maximum atomic E-state index is 12.4. The van der Waals surface area contributed by atoms with E-state index in [0.29, 0.717) is 23.4 Å². The first-order valence-corrected chi connectivity index (χ1v) is 7.63. The number of benzene rings is 1. The number of aromatic carboxylic acids is 1. The summed E-state index contributed by atoms with van der Waals surface area (Å²) in [5, 5.41) is 9.26. The van der Waals surface area contributed by atoms with Gasteiger partial charge in [0, 0.05) is 6.04 Å². The highest BCUT2D eigenvalue weighted by Gasteiger charge is 2.66. The monoisotopic (exact) mass is 284 g/mol. The Morgan fingerprint density at radius 2 is 1.95 bits per heavy atom. The number of imidazole rings is 1. The van der Waals surface area contributed by atoms with Crippen LogP contribution in [0.25, 0.3) is 11.0 Å². The highest BCUT2D eigenvalue weighted by Crippen LogP contribution is 2.71. The molecule has 3 aliphatic carbocycles. The van der Waals surface area contributed by atoms with E-state index < -0.39 is 5.97 Å². The van der Waals surface area contributed by atoms with Crippen molar-refractivity contribution in [2.45, 2.75) is 25.3 Å². The highest BCUT2D eigenvalue weighted by atomic mass is 16.4. The first-order chi connectivity index (χ1) is 10.2. The Kier molecular flexibility index (Phi) is 1.98. The second-order valence-electron chi connectivity index (χ2n) is 6.78. The molecule has 3 saturated carbocycles. The third-order valence-corrected chi connectivity index (χ3v) is 5.98. The van der Waals surface area contributed by atoms with Crippen molar-refractivity contribution in [3.05, 3.63) is 34.2 Å². The SMILES string of the molecule is O=C(O)c1cccc2c1[nH]c(=O)n2C1C2C3CCC(C3)C21. The third kappa shape index (κ3) is 1.32. The number of carboxylic acids is 1. The Labute approximate surface area is 120 Å². The number of para-hydroxylation sites is 1. The number of rotatable bonds is 2. The van der Waals surface area contributed by atoms with Crippen molar-refractivity contribution in [2.75, 3.05) is 0 Å². The van der Waals surface area contributed by atoms with Gasteiger partial charge in [-0.1, -0.05) is 6.07 Å². The van der Waals surface area contributed by atoms with Crippen LogP contribution in [0, 0.1) is 23.7 Å². The quantitative estimate of drug-likeness (QED) is 0.888. The zero-order valence-electron chi connectivity index (χ0n) is 11.5. The van der Waals surface area contributed by atoms with Gasteiger partial charge in [-0.2, -0.15) is 0 Å². The third-order valence-electron chi connectivity index (χ3n) is 5.98. The number of aromatic amines is 1. The van der Waals surface area contributed by atoms with Gasteiger partial charge in [0.25, 0.3) is 0 Å². The number of nitrogens with zero attached hydrogens (tertiary/aromatic N) is 1. The summed E-state index contributed by atoms with van der Waals surface area (Å²) in [4.78, 5) is 26.4. The van der Waals surface area contributed by atoms with Crippen LogP contribution in [0.4, 0.5) is 0 Å². The van der Waals surface area contributed by atoms with Crippen molar-refractivity contribution >= 4 is 17.0 Å². The van der Waals surface area contributed by atoms with Crippen LogP contribution in [-0.4, -0.2) is 20.6 Å². The van der Waals surface area contributed by atoms with Gasteiger partial charge in [-0.05, 0) is 55.1 Å². The Bertz CT molecular complexity index is 818. The van der Waals surface area contributed by atoms with Crippen molar-refractivity contribution in [3.63, 3.8) is 0 Å². The van der Waals surface area contributed by atoms with Crippen LogP contribution >= 0.6 is 0 Å². The van der Waals surface area contributed by atoms with Gasteiger partial charge in [0.05, 0.1) is 16.6 Å². The first-order valence-electron chi connectivity index (χ1n) is 7.63. The molecule has 0 amide bonds. The smallest absolute Gasteiger partial charge is 0.337 e. The van der Waals surface area contributed by atoms with Crippen molar-refractivity contribution in [2.24, 2.45) is 23.7 Å². The second-order valence-corrected chi connectivity index (χ2v) is 6.78. The minimum Gasteiger partial charge on any atom is -0.478 e. The summed E-state index contributed by atoms with van der Waals surface area (Å²) >= 11 is 0. The van der Waals surface area contributed by atoms with Crippen molar-refractivity contribution in [1.29, 1.82) is 0 Å². The van der Waals surface area contributed by atoms with E-state index in [1.54, 1.807) is 12.1 Å². The molecule has 4 unspecified atom stereocenters. The number of carboxylic acid groups (broad SMARTS) is 1. The molecule has 3 aliphatic rings. The molecule has 4 atom stereocenters. The normalized spacial score (nSPS) is 36.1. The molecule has 21 heavy (non-hydrogen) atoms. The van der Waals surface area contributed by atoms with Crippen molar-refractivity contribution in [3.8, 4) is 0 Å². The van der Waals surface area contributed by atoms with Crippen LogP contribution < -0.4 is 5.69 Å². The summed E-state index contributed by atoms with van der Waals surface area (Å²) < 4.78 is 1.83. The van der Waals surface area contributed by atoms with Crippen molar-refractivity contribution < 1.29 is 9.90 Å². The van der Waals surface area contributed by atoms with Gasteiger partial charge in [-0.3, -0.25) is 4.57 Å². The Balaban J connectivity index is 1.68. The van der Waals surface area contributed by atoms with Gasteiger partial charge in [-0.15, -0.1) is 0 Å². The Hall–Kier alpha value is -2.04. The molecule has 5 rings (SSSR count). The van der Waals surface area contributed by atoms with Gasteiger partial charge < -0.3 is 10.1 Å². The van der Waals surface area contributed by atoms with Crippen LogP contribution in [0.5, 0.6) is 0 Å². The fourth-order valence-electron chi connectivity index (χ4n) is 5.25. The molecular formula is C16H16N2O3. The predicted molar refractivity (Wildman–Crippen MR) is 76.4 cm³/mol. The van der Waals surface area contributed by atoms with E-state index in [-0.39, 0.29) is 11.3 Å². The first kappa shape index (κ1) is 11.6. The summed E-state index contributed by atoms with van der Waals surface area (Å²) in [5.41, 5.74) is 1.24. The van der Waals surface area contributed by atoms with E-state index in [1.807, 2.05) is 10.6 Å². The molecule has 1 aromatic carbocycles. The average Bonchev–Trinajstić information content (AvgIpc) is 2.80. The predicted octanol–water partition coefficient (Wildman–Crippen LogP) is 2.24. The maximum Gasteiger partial charge on any atom is 0.337 e. The summed E-state index contributed by atoms with van der Waals surface area (Å²) in [6.07, 6.45) is 3.95. The van der Waals surface area contributed by atoms with Gasteiger partial charge in [0.2, 0.25) is 0 Å². The fourth-order valence-corrected chi connectivity index (χ4v) is 5.25. The van der Waals surface area contributed by atoms with E-state index in [2.05, 4.69) is 4.98 Å². The molecule has 1 aromatic heterocycles. The summed E-state index contributed by atoms with van der Waals surface area (Å²) in [6.45, 7) is 0. The van der Waals surface area contributed by atoms with Crippen LogP contribution in [0.3, 0.4) is 0 Å². The number of fused-ring (bicyclic) bond motifs is 6. The molecule has 1 heterocycles. The lowest BCUT2D eigenvalue weighted by molar-refractivity contribution is 0.0699. The van der Waals surface area contributed by atoms with E-state index in [0.717, 1.165) is 17.4 Å². The fraction of sp³-hybridized carbons (Fsp3) is 0.500. The topological polar surface area (TPSA) is 75.1 Å². The molecule has 2 aromatic rings. The van der Waals surface area contributed by atoms with Crippen LogP contribution in [-0.2, 0) is 0 Å². The van der Waals surface area contributed by atoms with Crippen molar-refractivity contribution in [1.82, 2.24) is 9.55 Å². The van der Waals surface area contributed by atoms with E-state index in [4.69, 9.17) is 0 Å². The average molecular weight is 284 g/mol. The molecule has 0 radical (unpaired) electrons. The lowest BCUT2D eigenvalue weighted by Gasteiger charge is -2.10. The number of hydrogen-bond donors (Lipinski definition) is 2. The summed E-state index contributed by atoms with van der Waals surface area (Å²) in [6, 6.07) is 5.42. The van der Waals surface area contributed by atoms with Gasteiger partial charge in [0.1, 0.15) is 0 Å². The number of aromatic nitrogens is 2. The van der Waals surface area contributed by atoms with Gasteiger partial charge in [-0.25, -0.2) is 9.59 Å². The van der Waals surface area contributed by atoms with Crippen LogP contribution in [0.2, 0.25) is 0 Å². The number of carbonyl (C=O) groups is 1. The molecule has 0 spiro atoms. The summed E-state index contributed by atoms with van der Waals surface area (Å²) in [5.74, 6) is 1.86. The lowest BCUT2D eigenvalue weighted by atomic mass is 10.0. The standard InChI is InChI=1S/C16H16N2O3/c19-15(20)9-2-1-3-10-13(9)17-16(21)18(10)14-11-7-4-5-8(6-7)12(11)14/h1-3,7-8,11-12,14H,4-6H2,(H,17,21)(H,19,20). The number of nitrogens with one attached hydrogen (secondary N) is 1. The minimum atomic E-state index is -0.995. The molecule has 0 saturated heterocycles. The molecule has 0 aliphatic heterocycles. The van der Waals surface area contributed by atoms with E-state index in [9.17, 15) is 14.7 Å². The summed E-state index contributed by atoms with van der Waals surface area (Å²) in [7, 11) is 0. The second kappa shape index (κ2) is 3.59. The lowest BCUT2D eigenvalue weighted by Crippen LogP contribution is -2.18. The molecule has 3 fully saturated rings. The van der Waals surface area contributed by atoms with E-state index >= 15 is 0 Å². The molecule has 5 nitrogen and oxygen atoms in total. The van der Waals surface area contributed by atoms with Gasteiger partial charge in [0.15, 0.2) is 0 Å². The number of hydrogen-bond acceptors (Lipinski definition) is 2. The van der Waals surface area contributed by atoms with Gasteiger partial charge >= 0.3 is 11.7 Å². The molecule has 5 heteroatoms. The zero-order valence-corrected chi connectivity index (χ0v) is 11.5. The van der Waals surface area contributed by atoms with Crippen LogP contribution in [0.15, 0.2) is 23.0 Å². The Morgan fingerprint density at radius 1 is 1.24 bits per heavy atom. The molecule has 108 valence electrons. The minimum absolute atomic E-state index is 0.155. The number of H-pyrrole nitrogens is 1. The van der Waals surface area contributed by atoms with Crippen LogP contribution in [0.1, 0.15) is 35.7 Å². The molecular weight excluding hydrogens is 268 g/mol.